The normalized spacial score (nSPS) is 13.8. The molecular formula is C23H22N4O2. The van der Waals surface area contributed by atoms with Gasteiger partial charge in [-0.05, 0) is 36.6 Å². The van der Waals surface area contributed by atoms with Crippen molar-refractivity contribution >= 4 is 17.5 Å². The van der Waals surface area contributed by atoms with Gasteiger partial charge in [-0.15, -0.1) is 0 Å². The molecule has 6 nitrogen and oxygen atoms in total. The van der Waals surface area contributed by atoms with Crippen LogP contribution in [-0.4, -0.2) is 27.8 Å². The lowest BCUT2D eigenvalue weighted by Crippen LogP contribution is -2.33. The summed E-state index contributed by atoms with van der Waals surface area (Å²) in [4.78, 5) is 33.5. The molecule has 0 aliphatic heterocycles. The Balaban J connectivity index is 1.52. The average molecular weight is 386 g/mol. The fourth-order valence-corrected chi connectivity index (χ4v) is 3.58. The highest BCUT2D eigenvalue weighted by molar-refractivity contribution is 6.07. The van der Waals surface area contributed by atoms with Gasteiger partial charge in [0.1, 0.15) is 5.69 Å². The van der Waals surface area contributed by atoms with Crippen LogP contribution in [0.15, 0.2) is 67.1 Å². The van der Waals surface area contributed by atoms with Gasteiger partial charge in [-0.2, -0.15) is 0 Å². The van der Waals surface area contributed by atoms with Crippen LogP contribution in [0.1, 0.15) is 46.5 Å². The largest absolute Gasteiger partial charge is 0.348 e. The predicted molar refractivity (Wildman–Crippen MR) is 112 cm³/mol. The third-order valence-electron chi connectivity index (χ3n) is 5.10. The third-order valence-corrected chi connectivity index (χ3v) is 5.10. The Hall–Kier alpha value is -3.54. The van der Waals surface area contributed by atoms with E-state index in [-0.39, 0.29) is 23.6 Å². The van der Waals surface area contributed by atoms with Crippen molar-refractivity contribution in [3.05, 3.63) is 78.4 Å². The van der Waals surface area contributed by atoms with E-state index in [0.717, 1.165) is 36.8 Å². The van der Waals surface area contributed by atoms with Gasteiger partial charge in [0.25, 0.3) is 11.8 Å². The molecule has 1 fully saturated rings. The lowest BCUT2D eigenvalue weighted by molar-refractivity contribution is 0.0933. The summed E-state index contributed by atoms with van der Waals surface area (Å²) in [5.74, 6) is -0.551. The first kappa shape index (κ1) is 18.8. The highest BCUT2D eigenvalue weighted by atomic mass is 16.2. The van der Waals surface area contributed by atoms with Crippen LogP contribution in [0.4, 0.5) is 5.69 Å². The second kappa shape index (κ2) is 8.65. The molecule has 2 aromatic heterocycles. The van der Waals surface area contributed by atoms with Gasteiger partial charge in [0.2, 0.25) is 0 Å². The van der Waals surface area contributed by atoms with Gasteiger partial charge in [-0.3, -0.25) is 19.6 Å². The molecular weight excluding hydrogens is 364 g/mol. The number of pyridine rings is 2. The van der Waals surface area contributed by atoms with E-state index in [1.165, 1.54) is 12.3 Å². The maximum Gasteiger partial charge on any atom is 0.270 e. The van der Waals surface area contributed by atoms with Crippen molar-refractivity contribution in [1.82, 2.24) is 15.3 Å². The lowest BCUT2D eigenvalue weighted by Gasteiger charge is -2.13. The van der Waals surface area contributed by atoms with E-state index in [1.807, 2.05) is 36.4 Å². The number of amides is 2. The number of carbonyl (C=O) groups is 2. The zero-order valence-electron chi connectivity index (χ0n) is 16.0. The maximum absolute atomic E-state index is 12.8. The van der Waals surface area contributed by atoms with Crippen LogP contribution >= 0.6 is 0 Å². The predicted octanol–water partition coefficient (Wildman–Crippen LogP) is 4.07. The Morgan fingerprint density at radius 2 is 1.72 bits per heavy atom. The van der Waals surface area contributed by atoms with Gasteiger partial charge in [-0.25, -0.2) is 0 Å². The Kier molecular flexibility index (Phi) is 5.61. The monoisotopic (exact) mass is 386 g/mol. The first-order valence-corrected chi connectivity index (χ1v) is 9.78. The summed E-state index contributed by atoms with van der Waals surface area (Å²) in [6.07, 6.45) is 9.06. The van der Waals surface area contributed by atoms with Gasteiger partial charge in [0, 0.05) is 29.6 Å². The standard InChI is InChI=1S/C23H22N4O2/c28-22(27-21-15-24-12-11-19(21)16-6-2-1-3-7-16)17-10-13-25-20(14-17)23(29)26-18-8-4-5-9-18/h1-3,6-7,10-15,18H,4-5,8-9H2,(H,26,29)(H,27,28). The number of anilines is 1. The van der Waals surface area contributed by atoms with Crippen molar-refractivity contribution < 1.29 is 9.59 Å². The van der Waals surface area contributed by atoms with Gasteiger partial charge >= 0.3 is 0 Å². The molecule has 0 radical (unpaired) electrons. The summed E-state index contributed by atoms with van der Waals surface area (Å²) in [5, 5.41) is 5.90. The maximum atomic E-state index is 12.8. The molecule has 2 amide bonds. The van der Waals surface area contributed by atoms with Gasteiger partial charge in [-0.1, -0.05) is 43.2 Å². The quantitative estimate of drug-likeness (QED) is 0.692. The highest BCUT2D eigenvalue weighted by Crippen LogP contribution is 2.27. The fourth-order valence-electron chi connectivity index (χ4n) is 3.58. The summed E-state index contributed by atoms with van der Waals surface area (Å²) >= 11 is 0. The zero-order valence-corrected chi connectivity index (χ0v) is 16.0. The molecule has 0 atom stereocenters. The minimum absolute atomic E-state index is 0.200. The summed E-state index contributed by atoms with van der Waals surface area (Å²) in [5.41, 5.74) is 3.09. The minimum atomic E-state index is -0.313. The number of rotatable bonds is 5. The Morgan fingerprint density at radius 3 is 2.52 bits per heavy atom. The van der Waals surface area contributed by atoms with Gasteiger partial charge in [0.05, 0.1) is 11.9 Å². The Morgan fingerprint density at radius 1 is 0.931 bits per heavy atom. The molecule has 0 bridgehead atoms. The number of carbonyl (C=O) groups excluding carboxylic acids is 2. The number of nitrogens with zero attached hydrogens (tertiary/aromatic N) is 2. The van der Waals surface area contributed by atoms with Crippen LogP contribution in [0.2, 0.25) is 0 Å². The molecule has 29 heavy (non-hydrogen) atoms. The molecule has 0 spiro atoms. The zero-order chi connectivity index (χ0) is 20.1. The van der Waals surface area contributed by atoms with Crippen molar-refractivity contribution in [3.63, 3.8) is 0 Å². The summed E-state index contributed by atoms with van der Waals surface area (Å²) in [7, 11) is 0. The number of benzene rings is 1. The molecule has 1 aromatic carbocycles. The second-order valence-corrected chi connectivity index (χ2v) is 7.13. The second-order valence-electron chi connectivity index (χ2n) is 7.13. The molecule has 1 saturated carbocycles. The summed E-state index contributed by atoms with van der Waals surface area (Å²) < 4.78 is 0. The smallest absolute Gasteiger partial charge is 0.270 e. The SMILES string of the molecule is O=C(Nc1cnccc1-c1ccccc1)c1ccnc(C(=O)NC2CCCC2)c1. The van der Waals surface area contributed by atoms with E-state index in [9.17, 15) is 9.59 Å². The van der Waals surface area contributed by atoms with Crippen molar-refractivity contribution in [2.24, 2.45) is 0 Å². The first-order chi connectivity index (χ1) is 14.2. The van der Waals surface area contributed by atoms with Crippen LogP contribution in [-0.2, 0) is 0 Å². The molecule has 146 valence electrons. The molecule has 1 aliphatic carbocycles. The van der Waals surface area contributed by atoms with E-state index < -0.39 is 0 Å². The first-order valence-electron chi connectivity index (χ1n) is 9.78. The Labute approximate surface area is 169 Å². The van der Waals surface area contributed by atoms with Crippen molar-refractivity contribution in [2.45, 2.75) is 31.7 Å². The number of hydrogen-bond donors (Lipinski definition) is 2. The van der Waals surface area contributed by atoms with Crippen LogP contribution in [0, 0.1) is 0 Å². The van der Waals surface area contributed by atoms with Crippen LogP contribution in [0.5, 0.6) is 0 Å². The fraction of sp³-hybridized carbons (Fsp3) is 0.217. The molecule has 4 rings (SSSR count). The van der Waals surface area contributed by atoms with E-state index in [2.05, 4.69) is 20.6 Å². The molecule has 3 aromatic rings. The molecule has 1 aliphatic rings. The molecule has 2 N–H and O–H groups in total. The van der Waals surface area contributed by atoms with Gasteiger partial charge < -0.3 is 10.6 Å². The van der Waals surface area contributed by atoms with Crippen LogP contribution < -0.4 is 10.6 Å². The van der Waals surface area contributed by atoms with Crippen molar-refractivity contribution in [1.29, 1.82) is 0 Å². The van der Waals surface area contributed by atoms with E-state index in [1.54, 1.807) is 18.5 Å². The third kappa shape index (κ3) is 4.48. The van der Waals surface area contributed by atoms with Gasteiger partial charge in [0.15, 0.2) is 0 Å². The highest BCUT2D eigenvalue weighted by Gasteiger charge is 2.19. The van der Waals surface area contributed by atoms with E-state index in [4.69, 9.17) is 0 Å². The van der Waals surface area contributed by atoms with E-state index in [0.29, 0.717) is 11.3 Å². The molecule has 6 heteroatoms. The number of nitrogens with one attached hydrogen (secondary N) is 2. The summed E-state index contributed by atoms with van der Waals surface area (Å²) in [6.45, 7) is 0. The minimum Gasteiger partial charge on any atom is -0.348 e. The Bertz CT molecular complexity index is 1010. The van der Waals surface area contributed by atoms with Crippen molar-refractivity contribution in [2.75, 3.05) is 5.32 Å². The van der Waals surface area contributed by atoms with E-state index >= 15 is 0 Å². The number of hydrogen-bond acceptors (Lipinski definition) is 4. The van der Waals surface area contributed by atoms with Crippen molar-refractivity contribution in [3.8, 4) is 11.1 Å². The summed E-state index contributed by atoms with van der Waals surface area (Å²) in [6, 6.07) is 15.0. The molecule has 0 saturated heterocycles. The van der Waals surface area contributed by atoms with Crippen LogP contribution in [0.3, 0.4) is 0 Å². The van der Waals surface area contributed by atoms with Crippen LogP contribution in [0.25, 0.3) is 11.1 Å². The topological polar surface area (TPSA) is 84.0 Å². The lowest BCUT2D eigenvalue weighted by atomic mass is 10.1. The molecule has 0 unspecified atom stereocenters. The average Bonchev–Trinajstić information content (AvgIpc) is 3.28. The molecule has 2 heterocycles. The number of aromatic nitrogens is 2.